The monoisotopic (exact) mass is 316 g/mol. The second kappa shape index (κ2) is 7.62. The number of carboxylic acids is 1. The van der Waals surface area contributed by atoms with Gasteiger partial charge in [0.2, 0.25) is 0 Å². The fourth-order valence-corrected chi connectivity index (χ4v) is 3.01. The minimum Gasteiger partial charge on any atom is -0.481 e. The topological polar surface area (TPSA) is 61.8 Å². The number of benzene rings is 1. The number of hydroxylamine groups is 1. The van der Waals surface area contributed by atoms with Crippen molar-refractivity contribution >= 4 is 11.7 Å². The van der Waals surface area contributed by atoms with Crippen molar-refractivity contribution in [1.29, 1.82) is 0 Å². The maximum Gasteiger partial charge on any atom is 0.307 e. The van der Waals surface area contributed by atoms with Gasteiger partial charge in [0.05, 0.1) is 18.2 Å². The Balaban J connectivity index is 1.44. The number of piperidine rings is 1. The number of carbonyl (C=O) groups is 1. The molecule has 0 aromatic heterocycles. The summed E-state index contributed by atoms with van der Waals surface area (Å²) in [5.41, 5.74) is 6.76. The van der Waals surface area contributed by atoms with Gasteiger partial charge in [0.25, 0.3) is 0 Å². The lowest BCUT2D eigenvalue weighted by atomic mass is 9.98. The molecule has 1 heterocycles. The first-order valence-electron chi connectivity index (χ1n) is 8.34. The fourth-order valence-electron chi connectivity index (χ4n) is 3.01. The van der Waals surface area contributed by atoms with Gasteiger partial charge >= 0.3 is 5.97 Å². The Kier molecular flexibility index (Phi) is 5.31. The molecule has 1 aromatic carbocycles. The summed E-state index contributed by atoms with van der Waals surface area (Å²) < 4.78 is 0. The molecule has 124 valence electrons. The minimum absolute atomic E-state index is 0.231. The molecule has 1 aliphatic heterocycles. The standard InChI is InChI=1S/C18H24N2O3/c21-18(22)16-7-4-10-20(13-16)11-12-23-19-17(15-8-9-15)14-5-2-1-3-6-14/h1-3,5-6,16,19H,4,7-13H2,(H,21,22). The molecule has 2 aliphatic rings. The molecule has 1 saturated carbocycles. The molecule has 1 aliphatic carbocycles. The Morgan fingerprint density at radius 2 is 2.09 bits per heavy atom. The van der Waals surface area contributed by atoms with Crippen LogP contribution in [0.5, 0.6) is 0 Å². The molecule has 3 rings (SSSR count). The Hall–Kier alpha value is -1.85. The normalized spacial score (nSPS) is 21.0. The van der Waals surface area contributed by atoms with Crippen LogP contribution < -0.4 is 5.48 Å². The lowest BCUT2D eigenvalue weighted by molar-refractivity contribution is -0.143. The highest BCUT2D eigenvalue weighted by Gasteiger charge is 2.25. The average molecular weight is 316 g/mol. The van der Waals surface area contributed by atoms with E-state index in [0.29, 0.717) is 13.2 Å². The average Bonchev–Trinajstić information content (AvgIpc) is 3.41. The van der Waals surface area contributed by atoms with Crippen LogP contribution in [0.4, 0.5) is 0 Å². The predicted octanol–water partition coefficient (Wildman–Crippen LogP) is 2.51. The summed E-state index contributed by atoms with van der Waals surface area (Å²) in [6.07, 6.45) is 4.00. The van der Waals surface area contributed by atoms with Crippen molar-refractivity contribution in [2.45, 2.75) is 25.7 Å². The van der Waals surface area contributed by atoms with Gasteiger partial charge in [-0.3, -0.25) is 15.1 Å². The summed E-state index contributed by atoms with van der Waals surface area (Å²) in [5, 5.41) is 9.12. The lowest BCUT2D eigenvalue weighted by Gasteiger charge is -2.30. The van der Waals surface area contributed by atoms with E-state index in [9.17, 15) is 4.79 Å². The summed E-state index contributed by atoms with van der Waals surface area (Å²) in [7, 11) is 0. The zero-order valence-electron chi connectivity index (χ0n) is 13.3. The maximum atomic E-state index is 11.1. The number of nitrogens with zero attached hydrogens (tertiary/aromatic N) is 1. The fraction of sp³-hybridized carbons (Fsp3) is 0.500. The molecule has 1 aromatic rings. The molecule has 23 heavy (non-hydrogen) atoms. The van der Waals surface area contributed by atoms with Crippen LogP contribution in [0.2, 0.25) is 0 Å². The van der Waals surface area contributed by atoms with E-state index in [1.54, 1.807) is 0 Å². The van der Waals surface area contributed by atoms with E-state index in [1.807, 2.05) is 18.2 Å². The summed E-state index contributed by atoms with van der Waals surface area (Å²) in [5.74, 6) is -0.913. The van der Waals surface area contributed by atoms with E-state index in [1.165, 1.54) is 5.57 Å². The molecule has 1 unspecified atom stereocenters. The van der Waals surface area contributed by atoms with Crippen molar-refractivity contribution in [1.82, 2.24) is 10.4 Å². The number of carboxylic acid groups (broad SMARTS) is 1. The van der Waals surface area contributed by atoms with Gasteiger partial charge < -0.3 is 10.0 Å². The van der Waals surface area contributed by atoms with Crippen LogP contribution in [0, 0.1) is 5.92 Å². The summed E-state index contributed by atoms with van der Waals surface area (Å²) in [6, 6.07) is 10.2. The molecule has 0 spiro atoms. The number of rotatable bonds is 7. The van der Waals surface area contributed by atoms with Gasteiger partial charge in [-0.05, 0) is 43.4 Å². The second-order valence-electron chi connectivity index (χ2n) is 6.27. The minimum atomic E-state index is -0.682. The molecular formula is C18H24N2O3. The molecule has 5 heteroatoms. The molecule has 0 amide bonds. The van der Waals surface area contributed by atoms with Crippen molar-refractivity contribution in [3.8, 4) is 0 Å². The Labute approximate surface area is 136 Å². The number of hydrogen-bond donors (Lipinski definition) is 2. The van der Waals surface area contributed by atoms with Crippen LogP contribution >= 0.6 is 0 Å². The summed E-state index contributed by atoms with van der Waals surface area (Å²) in [4.78, 5) is 18.9. The van der Waals surface area contributed by atoms with Crippen molar-refractivity contribution in [3.05, 3.63) is 41.5 Å². The number of nitrogens with one attached hydrogen (secondary N) is 1. The Morgan fingerprint density at radius 1 is 1.30 bits per heavy atom. The quantitative estimate of drug-likeness (QED) is 0.598. The molecule has 5 nitrogen and oxygen atoms in total. The molecule has 2 fully saturated rings. The predicted molar refractivity (Wildman–Crippen MR) is 88.5 cm³/mol. The first kappa shape index (κ1) is 16.0. The van der Waals surface area contributed by atoms with Crippen LogP contribution in [0.1, 0.15) is 31.2 Å². The van der Waals surface area contributed by atoms with Crippen LogP contribution in [0.3, 0.4) is 0 Å². The zero-order valence-corrected chi connectivity index (χ0v) is 13.3. The molecule has 1 atom stereocenters. The first-order chi connectivity index (χ1) is 11.2. The lowest BCUT2D eigenvalue weighted by Crippen LogP contribution is -2.40. The van der Waals surface area contributed by atoms with E-state index in [0.717, 1.165) is 50.0 Å². The van der Waals surface area contributed by atoms with Gasteiger partial charge in [0.15, 0.2) is 0 Å². The smallest absolute Gasteiger partial charge is 0.307 e. The maximum absolute atomic E-state index is 11.1. The number of likely N-dealkylation sites (tertiary alicyclic amines) is 1. The van der Waals surface area contributed by atoms with Crippen molar-refractivity contribution in [2.24, 2.45) is 5.92 Å². The van der Waals surface area contributed by atoms with Gasteiger partial charge in [-0.1, -0.05) is 30.3 Å². The SMILES string of the molecule is O=C(O)C1CCCN(CCONC(=C2CC2)c2ccccc2)C1. The van der Waals surface area contributed by atoms with E-state index >= 15 is 0 Å². The van der Waals surface area contributed by atoms with Gasteiger partial charge in [0.1, 0.15) is 0 Å². The van der Waals surface area contributed by atoms with E-state index in [2.05, 4.69) is 22.5 Å². The Bertz CT molecular complexity index is 565. The third-order valence-electron chi connectivity index (χ3n) is 4.45. The van der Waals surface area contributed by atoms with Crippen molar-refractivity contribution in [2.75, 3.05) is 26.2 Å². The molecule has 1 saturated heterocycles. The molecule has 2 N–H and O–H groups in total. The Morgan fingerprint density at radius 3 is 2.78 bits per heavy atom. The number of allylic oxidation sites excluding steroid dienone is 1. The van der Waals surface area contributed by atoms with E-state index in [-0.39, 0.29) is 5.92 Å². The van der Waals surface area contributed by atoms with Crippen molar-refractivity contribution in [3.63, 3.8) is 0 Å². The van der Waals surface area contributed by atoms with Crippen LogP contribution in [0.15, 0.2) is 35.9 Å². The van der Waals surface area contributed by atoms with Crippen LogP contribution in [0.25, 0.3) is 5.70 Å². The largest absolute Gasteiger partial charge is 0.481 e. The molecule has 0 radical (unpaired) electrons. The third-order valence-corrected chi connectivity index (χ3v) is 4.45. The first-order valence-corrected chi connectivity index (χ1v) is 8.34. The molecule has 0 bridgehead atoms. The van der Waals surface area contributed by atoms with Crippen LogP contribution in [-0.2, 0) is 9.63 Å². The number of hydrogen-bond acceptors (Lipinski definition) is 4. The highest BCUT2D eigenvalue weighted by molar-refractivity contribution is 5.70. The van der Waals surface area contributed by atoms with Gasteiger partial charge in [-0.2, -0.15) is 0 Å². The highest BCUT2D eigenvalue weighted by Crippen LogP contribution is 2.34. The summed E-state index contributed by atoms with van der Waals surface area (Å²) >= 11 is 0. The zero-order chi connectivity index (χ0) is 16.1. The highest BCUT2D eigenvalue weighted by atomic mass is 16.6. The summed E-state index contributed by atoms with van der Waals surface area (Å²) in [6.45, 7) is 2.90. The number of aliphatic carboxylic acids is 1. The van der Waals surface area contributed by atoms with Gasteiger partial charge in [0, 0.05) is 13.1 Å². The van der Waals surface area contributed by atoms with Gasteiger partial charge in [-0.15, -0.1) is 0 Å². The third kappa shape index (κ3) is 4.56. The van der Waals surface area contributed by atoms with Crippen molar-refractivity contribution < 1.29 is 14.7 Å². The molecular weight excluding hydrogens is 292 g/mol. The second-order valence-corrected chi connectivity index (χ2v) is 6.27. The van der Waals surface area contributed by atoms with Gasteiger partial charge in [-0.25, -0.2) is 0 Å². The van der Waals surface area contributed by atoms with E-state index in [4.69, 9.17) is 9.94 Å². The van der Waals surface area contributed by atoms with E-state index < -0.39 is 5.97 Å². The van der Waals surface area contributed by atoms with Crippen LogP contribution in [-0.4, -0.2) is 42.2 Å².